The molecule has 1 heterocycles. The summed E-state index contributed by atoms with van der Waals surface area (Å²) in [5, 5.41) is 6.73. The van der Waals surface area contributed by atoms with Crippen LogP contribution in [-0.2, 0) is 12.0 Å². The summed E-state index contributed by atoms with van der Waals surface area (Å²) in [5.41, 5.74) is -0.0116. The third-order valence-corrected chi connectivity index (χ3v) is 4.74. The Labute approximate surface area is 163 Å². The molecular weight excluding hydrogens is 415 g/mol. The summed E-state index contributed by atoms with van der Waals surface area (Å²) in [6.45, 7) is 10.3. The fraction of sp³-hybridized carbons (Fsp3) is 0.778. The van der Waals surface area contributed by atoms with Crippen molar-refractivity contribution in [1.82, 2.24) is 15.6 Å². The molecule has 1 fully saturated rings. The highest BCUT2D eigenvalue weighted by atomic mass is 127. The fourth-order valence-corrected chi connectivity index (χ4v) is 3.04. The van der Waals surface area contributed by atoms with E-state index in [0.29, 0.717) is 12.4 Å². The number of guanidine groups is 1. The normalized spacial score (nSPS) is 22.0. The highest BCUT2D eigenvalue weighted by Gasteiger charge is 2.21. The number of hydrogen-bond donors (Lipinski definition) is 2. The van der Waals surface area contributed by atoms with Gasteiger partial charge in [0.1, 0.15) is 5.76 Å². The van der Waals surface area contributed by atoms with Gasteiger partial charge >= 0.3 is 0 Å². The van der Waals surface area contributed by atoms with E-state index >= 15 is 0 Å². The fourth-order valence-electron chi connectivity index (χ4n) is 3.04. The van der Waals surface area contributed by atoms with Crippen molar-refractivity contribution < 1.29 is 4.42 Å². The van der Waals surface area contributed by atoms with Gasteiger partial charge in [0.05, 0.1) is 12.7 Å². The highest BCUT2D eigenvalue weighted by Crippen LogP contribution is 2.28. The molecule has 0 aliphatic heterocycles. The van der Waals surface area contributed by atoms with Gasteiger partial charge in [-0.3, -0.25) is 4.99 Å². The van der Waals surface area contributed by atoms with Gasteiger partial charge in [-0.1, -0.05) is 47.0 Å². The first-order valence-corrected chi connectivity index (χ1v) is 8.80. The molecule has 1 saturated carbocycles. The van der Waals surface area contributed by atoms with Crippen molar-refractivity contribution in [3.8, 4) is 0 Å². The number of nitrogens with zero attached hydrogens (tertiary/aromatic N) is 2. The van der Waals surface area contributed by atoms with Crippen LogP contribution in [-0.4, -0.2) is 24.5 Å². The van der Waals surface area contributed by atoms with Gasteiger partial charge in [-0.2, -0.15) is 0 Å². The van der Waals surface area contributed by atoms with E-state index in [1.54, 1.807) is 7.05 Å². The number of nitrogens with one attached hydrogen (secondary N) is 2. The maximum Gasteiger partial charge on any atom is 0.213 e. The van der Waals surface area contributed by atoms with E-state index in [2.05, 4.69) is 48.3 Å². The summed E-state index contributed by atoms with van der Waals surface area (Å²) in [7, 11) is 1.80. The molecule has 0 radical (unpaired) electrons. The Morgan fingerprint density at radius 1 is 1.29 bits per heavy atom. The van der Waals surface area contributed by atoms with Crippen LogP contribution >= 0.6 is 24.0 Å². The summed E-state index contributed by atoms with van der Waals surface area (Å²) in [5.74, 6) is 3.97. The highest BCUT2D eigenvalue weighted by molar-refractivity contribution is 14.0. The quantitative estimate of drug-likeness (QED) is 0.414. The molecule has 1 aromatic rings. The molecule has 24 heavy (non-hydrogen) atoms. The Morgan fingerprint density at radius 3 is 2.58 bits per heavy atom. The second kappa shape index (κ2) is 9.63. The molecule has 0 amide bonds. The van der Waals surface area contributed by atoms with Crippen molar-refractivity contribution in [3.05, 3.63) is 17.8 Å². The van der Waals surface area contributed by atoms with Crippen molar-refractivity contribution in [1.29, 1.82) is 0 Å². The summed E-state index contributed by atoms with van der Waals surface area (Å²) in [6, 6.07) is 0. The Bertz CT molecular complexity index is 521. The van der Waals surface area contributed by atoms with Crippen LogP contribution in [0.15, 0.2) is 15.6 Å². The van der Waals surface area contributed by atoms with E-state index in [4.69, 9.17) is 4.42 Å². The molecule has 1 aromatic heterocycles. The van der Waals surface area contributed by atoms with E-state index < -0.39 is 0 Å². The smallest absolute Gasteiger partial charge is 0.213 e. The van der Waals surface area contributed by atoms with Gasteiger partial charge in [-0.25, -0.2) is 4.98 Å². The Kier molecular flexibility index (Phi) is 8.53. The van der Waals surface area contributed by atoms with Crippen molar-refractivity contribution >= 4 is 29.9 Å². The molecule has 138 valence electrons. The van der Waals surface area contributed by atoms with Gasteiger partial charge in [0.15, 0.2) is 5.96 Å². The van der Waals surface area contributed by atoms with Crippen LogP contribution in [0.25, 0.3) is 0 Å². The van der Waals surface area contributed by atoms with Crippen LogP contribution in [0.3, 0.4) is 0 Å². The number of halogens is 1. The van der Waals surface area contributed by atoms with Crippen molar-refractivity contribution in [3.63, 3.8) is 0 Å². The Hall–Kier alpha value is -0.790. The standard InChI is InChI=1S/C18H32N4O.HI/c1-13-8-6-7-9-14(13)10-21-17(19-5)22-12-16-20-11-15(23-16)18(2,3)4;/h11,13-14H,6-10,12H2,1-5H3,(H2,19,21,22);1H. The minimum absolute atomic E-state index is 0. The maximum absolute atomic E-state index is 5.80. The second-order valence-corrected chi connectivity index (χ2v) is 7.70. The zero-order chi connectivity index (χ0) is 16.9. The first kappa shape index (κ1) is 21.3. The predicted molar refractivity (Wildman–Crippen MR) is 110 cm³/mol. The average molecular weight is 448 g/mol. The summed E-state index contributed by atoms with van der Waals surface area (Å²) < 4.78 is 5.80. The van der Waals surface area contributed by atoms with Gasteiger partial charge in [0.2, 0.25) is 5.89 Å². The van der Waals surface area contributed by atoms with Crippen molar-refractivity contribution in [2.75, 3.05) is 13.6 Å². The van der Waals surface area contributed by atoms with Gasteiger partial charge in [0.25, 0.3) is 0 Å². The average Bonchev–Trinajstić information content (AvgIpc) is 2.98. The number of rotatable bonds is 4. The first-order valence-electron chi connectivity index (χ1n) is 8.80. The SMILES string of the molecule is CN=C(NCc1ncc(C(C)(C)C)o1)NCC1CCCCC1C.I. The number of oxazole rings is 1. The lowest BCUT2D eigenvalue weighted by molar-refractivity contribution is 0.256. The molecule has 0 aromatic carbocycles. The summed E-state index contributed by atoms with van der Waals surface area (Å²) in [4.78, 5) is 8.63. The van der Waals surface area contributed by atoms with E-state index in [0.717, 1.165) is 30.1 Å². The van der Waals surface area contributed by atoms with Crippen molar-refractivity contribution in [2.24, 2.45) is 16.8 Å². The number of hydrogen-bond acceptors (Lipinski definition) is 3. The molecule has 0 saturated heterocycles. The Morgan fingerprint density at radius 2 is 2.00 bits per heavy atom. The minimum atomic E-state index is -0.0116. The predicted octanol–water partition coefficient (Wildman–Crippen LogP) is 4.08. The lowest BCUT2D eigenvalue weighted by Gasteiger charge is -2.29. The van der Waals surface area contributed by atoms with Crippen LogP contribution < -0.4 is 10.6 Å². The molecule has 1 aliphatic rings. The van der Waals surface area contributed by atoms with E-state index in [1.165, 1.54) is 25.7 Å². The molecule has 6 heteroatoms. The molecule has 2 rings (SSSR count). The third-order valence-electron chi connectivity index (χ3n) is 4.74. The monoisotopic (exact) mass is 448 g/mol. The molecule has 2 N–H and O–H groups in total. The molecule has 5 nitrogen and oxygen atoms in total. The third kappa shape index (κ3) is 6.26. The molecule has 2 atom stereocenters. The van der Waals surface area contributed by atoms with Crippen LogP contribution in [0, 0.1) is 11.8 Å². The van der Waals surface area contributed by atoms with Gasteiger partial charge in [-0.05, 0) is 18.3 Å². The zero-order valence-corrected chi connectivity index (χ0v) is 18.0. The van der Waals surface area contributed by atoms with Gasteiger partial charge < -0.3 is 15.1 Å². The zero-order valence-electron chi connectivity index (χ0n) is 15.7. The minimum Gasteiger partial charge on any atom is -0.443 e. The van der Waals surface area contributed by atoms with Gasteiger partial charge in [0, 0.05) is 19.0 Å². The molecule has 2 unspecified atom stereocenters. The lowest BCUT2D eigenvalue weighted by atomic mass is 9.80. The van der Waals surface area contributed by atoms with Crippen molar-refractivity contribution in [2.45, 2.75) is 65.3 Å². The van der Waals surface area contributed by atoms with Crippen LogP contribution in [0.1, 0.15) is 65.0 Å². The van der Waals surface area contributed by atoms with Crippen LogP contribution in [0.2, 0.25) is 0 Å². The van der Waals surface area contributed by atoms with Crippen LogP contribution in [0.4, 0.5) is 0 Å². The topological polar surface area (TPSA) is 62.5 Å². The second-order valence-electron chi connectivity index (χ2n) is 7.70. The first-order chi connectivity index (χ1) is 10.9. The molecule has 1 aliphatic carbocycles. The summed E-state index contributed by atoms with van der Waals surface area (Å²) in [6.07, 6.45) is 7.22. The Balaban J connectivity index is 0.00000288. The van der Waals surface area contributed by atoms with Crippen LogP contribution in [0.5, 0.6) is 0 Å². The maximum atomic E-state index is 5.80. The van der Waals surface area contributed by atoms with E-state index in [-0.39, 0.29) is 29.4 Å². The summed E-state index contributed by atoms with van der Waals surface area (Å²) >= 11 is 0. The van der Waals surface area contributed by atoms with E-state index in [1.807, 2.05) is 6.20 Å². The number of aromatic nitrogens is 1. The number of aliphatic imine (C=N–C) groups is 1. The van der Waals surface area contributed by atoms with Gasteiger partial charge in [-0.15, -0.1) is 24.0 Å². The lowest BCUT2D eigenvalue weighted by Crippen LogP contribution is -2.41. The molecule has 0 bridgehead atoms. The molecular formula is C18H33IN4O. The van der Waals surface area contributed by atoms with E-state index in [9.17, 15) is 0 Å². The largest absolute Gasteiger partial charge is 0.443 e. The molecule has 0 spiro atoms.